The predicted octanol–water partition coefficient (Wildman–Crippen LogP) is 3.09. The molecule has 1 heterocycles. The summed E-state index contributed by atoms with van der Waals surface area (Å²) in [5, 5.41) is 2.51. The van der Waals surface area contributed by atoms with Crippen LogP contribution in [0.15, 0.2) is 53.4 Å². The molecule has 8 nitrogen and oxygen atoms in total. The lowest BCUT2D eigenvalue weighted by atomic mass is 10.1. The van der Waals surface area contributed by atoms with E-state index in [0.717, 1.165) is 24.3 Å². The fourth-order valence-corrected chi connectivity index (χ4v) is 5.20. The number of sulfonamides is 1. The second-order valence-electron chi connectivity index (χ2n) is 8.07. The number of benzene rings is 2. The number of hydrogen-bond acceptors (Lipinski definition) is 6. The number of amides is 1. The van der Waals surface area contributed by atoms with Crippen LogP contribution in [0.2, 0.25) is 0 Å². The van der Waals surface area contributed by atoms with E-state index in [9.17, 15) is 31.2 Å². The molecule has 2 aromatic rings. The third-order valence-corrected chi connectivity index (χ3v) is 7.02. The van der Waals surface area contributed by atoms with Crippen molar-refractivity contribution in [2.75, 3.05) is 26.2 Å². The molecule has 0 unspecified atom stereocenters. The number of halogens is 3. The number of alkyl halides is 3. The molecule has 12 heteroatoms. The Labute approximate surface area is 201 Å². The van der Waals surface area contributed by atoms with Crippen molar-refractivity contribution >= 4 is 21.9 Å². The third-order valence-electron chi connectivity index (χ3n) is 5.19. The van der Waals surface area contributed by atoms with Crippen LogP contribution < -0.4 is 5.32 Å². The van der Waals surface area contributed by atoms with Crippen LogP contribution in [0.1, 0.15) is 40.1 Å². The van der Waals surface area contributed by atoms with Gasteiger partial charge in [-0.05, 0) is 56.3 Å². The molecule has 1 N–H and O–H groups in total. The normalized spacial score (nSPS) is 19.2. The van der Waals surface area contributed by atoms with Crippen LogP contribution in [0.5, 0.6) is 0 Å². The van der Waals surface area contributed by atoms with Gasteiger partial charge in [-0.25, -0.2) is 13.2 Å². The smallest absolute Gasteiger partial charge is 0.416 e. The van der Waals surface area contributed by atoms with Crippen LogP contribution in [0.3, 0.4) is 0 Å². The standard InChI is InChI=1S/C23H25F3N2O6S/c1-15-13-28(14-16(2)34-15)35(31,32)20-5-3-4-18(12-20)21(29)27-10-11-33-22(30)17-6-8-19(9-7-17)23(24,25)26/h3-9,12,15-16H,10-11,13-14H2,1-2H3,(H,27,29)/t15-,16-/m0/s1. The van der Waals surface area contributed by atoms with Crippen LogP contribution in [0.25, 0.3) is 0 Å². The number of nitrogens with one attached hydrogen (secondary N) is 1. The van der Waals surface area contributed by atoms with Crippen molar-refractivity contribution in [1.29, 1.82) is 0 Å². The number of rotatable bonds is 7. The molecule has 35 heavy (non-hydrogen) atoms. The lowest BCUT2D eigenvalue weighted by molar-refractivity contribution is -0.137. The summed E-state index contributed by atoms with van der Waals surface area (Å²) in [4.78, 5) is 24.4. The zero-order valence-electron chi connectivity index (χ0n) is 19.0. The molecule has 1 saturated heterocycles. The first kappa shape index (κ1) is 26.6. The van der Waals surface area contributed by atoms with Crippen molar-refractivity contribution in [2.24, 2.45) is 0 Å². The van der Waals surface area contributed by atoms with Gasteiger partial charge in [-0.2, -0.15) is 17.5 Å². The van der Waals surface area contributed by atoms with Crippen molar-refractivity contribution in [3.63, 3.8) is 0 Å². The lowest BCUT2D eigenvalue weighted by Gasteiger charge is -2.34. The number of carbonyl (C=O) groups is 2. The first-order valence-corrected chi connectivity index (χ1v) is 12.2. The summed E-state index contributed by atoms with van der Waals surface area (Å²) in [6.45, 7) is 3.66. The third kappa shape index (κ3) is 6.80. The van der Waals surface area contributed by atoms with Gasteiger partial charge in [0, 0.05) is 18.7 Å². The lowest BCUT2D eigenvalue weighted by Crippen LogP contribution is -2.48. The van der Waals surface area contributed by atoms with Gasteiger partial charge in [-0.15, -0.1) is 0 Å². The Morgan fingerprint density at radius 3 is 2.29 bits per heavy atom. The summed E-state index contributed by atoms with van der Waals surface area (Å²) in [6, 6.07) is 9.14. The van der Waals surface area contributed by atoms with E-state index in [-0.39, 0.29) is 54.5 Å². The van der Waals surface area contributed by atoms with Crippen LogP contribution in [0, 0.1) is 0 Å². The molecule has 1 aliphatic heterocycles. The monoisotopic (exact) mass is 514 g/mol. The summed E-state index contributed by atoms with van der Waals surface area (Å²) < 4.78 is 75.7. The van der Waals surface area contributed by atoms with Gasteiger partial charge in [0.2, 0.25) is 10.0 Å². The molecule has 1 aliphatic rings. The average Bonchev–Trinajstić information content (AvgIpc) is 2.80. The molecule has 3 rings (SSSR count). The number of carbonyl (C=O) groups excluding carboxylic acids is 2. The van der Waals surface area contributed by atoms with Gasteiger partial charge in [0.05, 0.1) is 34.8 Å². The van der Waals surface area contributed by atoms with E-state index in [1.165, 1.54) is 28.6 Å². The largest absolute Gasteiger partial charge is 0.460 e. The summed E-state index contributed by atoms with van der Waals surface area (Å²) >= 11 is 0. The molecule has 2 atom stereocenters. The zero-order valence-corrected chi connectivity index (χ0v) is 19.9. The molecule has 0 aliphatic carbocycles. The molecule has 0 spiro atoms. The van der Waals surface area contributed by atoms with Crippen molar-refractivity contribution in [3.05, 3.63) is 65.2 Å². The minimum Gasteiger partial charge on any atom is -0.460 e. The molecule has 190 valence electrons. The molecule has 0 aromatic heterocycles. The molecule has 1 amide bonds. The first-order chi connectivity index (χ1) is 16.4. The highest BCUT2D eigenvalue weighted by molar-refractivity contribution is 7.89. The van der Waals surface area contributed by atoms with Crippen molar-refractivity contribution in [1.82, 2.24) is 9.62 Å². The summed E-state index contributed by atoms with van der Waals surface area (Å²) in [5.41, 5.74) is -0.841. The number of ether oxygens (including phenoxy) is 2. The topological polar surface area (TPSA) is 102 Å². The van der Waals surface area contributed by atoms with E-state index in [4.69, 9.17) is 9.47 Å². The van der Waals surface area contributed by atoms with Crippen molar-refractivity contribution < 1.29 is 40.7 Å². The zero-order chi connectivity index (χ0) is 25.8. The fourth-order valence-electron chi connectivity index (χ4n) is 3.56. The van der Waals surface area contributed by atoms with Gasteiger partial charge in [-0.1, -0.05) is 6.07 Å². The van der Waals surface area contributed by atoms with Crippen molar-refractivity contribution in [3.8, 4) is 0 Å². The second kappa shape index (κ2) is 10.8. The molecule has 0 bridgehead atoms. The van der Waals surface area contributed by atoms with Crippen LogP contribution in [-0.4, -0.2) is 63.0 Å². The summed E-state index contributed by atoms with van der Waals surface area (Å²) in [5.74, 6) is -1.41. The highest BCUT2D eigenvalue weighted by atomic mass is 32.2. The van der Waals surface area contributed by atoms with Gasteiger partial charge in [0.1, 0.15) is 6.61 Å². The van der Waals surface area contributed by atoms with Gasteiger partial charge in [0.15, 0.2) is 0 Å². The van der Waals surface area contributed by atoms with E-state index in [1.54, 1.807) is 13.8 Å². The maximum atomic E-state index is 13.0. The second-order valence-corrected chi connectivity index (χ2v) is 10.0. The molecule has 0 saturated carbocycles. The van der Waals surface area contributed by atoms with E-state index in [2.05, 4.69) is 5.32 Å². The maximum Gasteiger partial charge on any atom is 0.416 e. The van der Waals surface area contributed by atoms with E-state index in [0.29, 0.717) is 0 Å². The van der Waals surface area contributed by atoms with Crippen LogP contribution >= 0.6 is 0 Å². The highest BCUT2D eigenvalue weighted by Gasteiger charge is 2.32. The Morgan fingerprint density at radius 1 is 1.06 bits per heavy atom. The predicted molar refractivity (Wildman–Crippen MR) is 119 cm³/mol. The maximum absolute atomic E-state index is 13.0. The summed E-state index contributed by atoms with van der Waals surface area (Å²) in [6.07, 6.45) is -5.03. The Kier molecular flexibility index (Phi) is 8.18. The van der Waals surface area contributed by atoms with Crippen molar-refractivity contribution in [2.45, 2.75) is 37.1 Å². The number of esters is 1. The average molecular weight is 515 g/mol. The Morgan fingerprint density at radius 2 is 1.69 bits per heavy atom. The SMILES string of the molecule is C[C@H]1CN(S(=O)(=O)c2cccc(C(=O)NCCOC(=O)c3ccc(C(F)(F)F)cc3)c2)C[C@H](C)O1. The molecular weight excluding hydrogens is 489 g/mol. The minimum absolute atomic E-state index is 0.0276. The highest BCUT2D eigenvalue weighted by Crippen LogP contribution is 2.29. The number of nitrogens with zero attached hydrogens (tertiary/aromatic N) is 1. The fraction of sp³-hybridized carbons (Fsp3) is 0.391. The molecule has 2 aromatic carbocycles. The minimum atomic E-state index is -4.51. The van der Waals surface area contributed by atoms with E-state index >= 15 is 0 Å². The number of hydrogen-bond donors (Lipinski definition) is 1. The van der Waals surface area contributed by atoms with Gasteiger partial charge in [0.25, 0.3) is 5.91 Å². The molecule has 0 radical (unpaired) electrons. The van der Waals surface area contributed by atoms with Gasteiger partial charge in [-0.3, -0.25) is 4.79 Å². The first-order valence-electron chi connectivity index (χ1n) is 10.8. The Bertz CT molecular complexity index is 1160. The quantitative estimate of drug-likeness (QED) is 0.450. The van der Waals surface area contributed by atoms with Gasteiger partial charge >= 0.3 is 12.1 Å². The van der Waals surface area contributed by atoms with E-state index < -0.39 is 33.6 Å². The summed E-state index contributed by atoms with van der Waals surface area (Å²) in [7, 11) is -3.83. The van der Waals surface area contributed by atoms with Gasteiger partial charge < -0.3 is 14.8 Å². The van der Waals surface area contributed by atoms with E-state index in [1.807, 2.05) is 0 Å². The Balaban J connectivity index is 1.54. The van der Waals surface area contributed by atoms with Crippen LogP contribution in [-0.2, 0) is 25.7 Å². The molecular formula is C23H25F3N2O6S. The molecule has 1 fully saturated rings. The number of morpholine rings is 1. The Hall–Kier alpha value is -2.96. The van der Waals surface area contributed by atoms with Crippen LogP contribution in [0.4, 0.5) is 13.2 Å².